The number of hydrogen-bond acceptors (Lipinski definition) is 3. The van der Waals surface area contributed by atoms with Crippen LogP contribution in [0, 0.1) is 13.8 Å². The van der Waals surface area contributed by atoms with Crippen molar-refractivity contribution in [3.63, 3.8) is 0 Å². The molecule has 0 aliphatic carbocycles. The Morgan fingerprint density at radius 1 is 1.30 bits per heavy atom. The molecule has 1 aromatic carbocycles. The lowest BCUT2D eigenvalue weighted by atomic mass is 10.0. The molecule has 1 aliphatic rings. The first kappa shape index (κ1) is 15.6. The highest BCUT2D eigenvalue weighted by atomic mass is 16.5. The van der Waals surface area contributed by atoms with Gasteiger partial charge in [0.2, 0.25) is 0 Å². The Labute approximate surface area is 137 Å². The van der Waals surface area contributed by atoms with Gasteiger partial charge < -0.3 is 14.7 Å². The third-order valence-corrected chi connectivity index (χ3v) is 4.48. The minimum absolute atomic E-state index is 0.827. The Kier molecular flexibility index (Phi) is 4.65. The first-order valence-electron chi connectivity index (χ1n) is 8.13. The van der Waals surface area contributed by atoms with Gasteiger partial charge in [-0.3, -0.25) is 4.99 Å². The van der Waals surface area contributed by atoms with Gasteiger partial charge in [0, 0.05) is 32.2 Å². The van der Waals surface area contributed by atoms with Crippen molar-refractivity contribution in [1.29, 1.82) is 0 Å². The highest BCUT2D eigenvalue weighted by molar-refractivity contribution is 5.80. The fourth-order valence-electron chi connectivity index (χ4n) is 3.17. The molecule has 0 amide bonds. The van der Waals surface area contributed by atoms with E-state index in [2.05, 4.69) is 44.6 Å². The number of guanidine groups is 1. The van der Waals surface area contributed by atoms with E-state index in [-0.39, 0.29) is 0 Å². The van der Waals surface area contributed by atoms with Crippen molar-refractivity contribution in [1.82, 2.24) is 15.4 Å². The van der Waals surface area contributed by atoms with Crippen molar-refractivity contribution in [2.24, 2.45) is 4.99 Å². The zero-order chi connectivity index (χ0) is 16.2. The smallest absolute Gasteiger partial charge is 0.193 e. The third kappa shape index (κ3) is 3.38. The van der Waals surface area contributed by atoms with Crippen molar-refractivity contribution < 1.29 is 4.52 Å². The average Bonchev–Trinajstić information content (AvgIpc) is 2.90. The summed E-state index contributed by atoms with van der Waals surface area (Å²) in [5.41, 5.74) is 5.02. The van der Waals surface area contributed by atoms with Crippen LogP contribution < -0.4 is 5.32 Å². The summed E-state index contributed by atoms with van der Waals surface area (Å²) in [6, 6.07) is 8.65. The zero-order valence-electron chi connectivity index (χ0n) is 14.1. The summed E-state index contributed by atoms with van der Waals surface area (Å²) in [6.45, 7) is 6.70. The van der Waals surface area contributed by atoms with E-state index in [1.165, 1.54) is 16.7 Å². The third-order valence-electron chi connectivity index (χ3n) is 4.48. The maximum Gasteiger partial charge on any atom is 0.193 e. The van der Waals surface area contributed by atoms with Gasteiger partial charge in [-0.25, -0.2) is 0 Å². The molecule has 23 heavy (non-hydrogen) atoms. The van der Waals surface area contributed by atoms with Crippen LogP contribution in [0.2, 0.25) is 0 Å². The lowest BCUT2D eigenvalue weighted by Crippen LogP contribution is -2.44. The molecule has 3 rings (SSSR count). The monoisotopic (exact) mass is 312 g/mol. The van der Waals surface area contributed by atoms with Crippen molar-refractivity contribution in [2.45, 2.75) is 33.2 Å². The van der Waals surface area contributed by atoms with Gasteiger partial charge in [-0.05, 0) is 37.8 Å². The van der Waals surface area contributed by atoms with Crippen LogP contribution in [0.3, 0.4) is 0 Å². The Hall–Kier alpha value is -2.30. The molecule has 0 fully saturated rings. The number of aryl methyl sites for hydroxylation is 2. The van der Waals surface area contributed by atoms with Crippen molar-refractivity contribution in [2.75, 3.05) is 20.1 Å². The van der Waals surface area contributed by atoms with E-state index >= 15 is 0 Å². The molecule has 1 aromatic heterocycles. The number of benzene rings is 1. The number of nitrogens with one attached hydrogen (secondary N) is 1. The van der Waals surface area contributed by atoms with Gasteiger partial charge >= 0.3 is 0 Å². The number of nitrogens with zero attached hydrogens (tertiary/aromatic N) is 3. The van der Waals surface area contributed by atoms with Gasteiger partial charge in [-0.1, -0.05) is 29.4 Å². The summed E-state index contributed by atoms with van der Waals surface area (Å²) in [4.78, 5) is 6.76. The minimum atomic E-state index is 0.827. The van der Waals surface area contributed by atoms with Crippen LogP contribution in [0.5, 0.6) is 0 Å². The Balaban J connectivity index is 1.59. The Morgan fingerprint density at radius 3 is 2.78 bits per heavy atom. The molecule has 0 saturated heterocycles. The zero-order valence-corrected chi connectivity index (χ0v) is 14.1. The number of fused-ring (bicyclic) bond motifs is 1. The molecule has 122 valence electrons. The molecule has 1 aliphatic heterocycles. The number of aliphatic imine (C=N–C) groups is 1. The molecule has 0 unspecified atom stereocenters. The van der Waals surface area contributed by atoms with Crippen LogP contribution >= 0.6 is 0 Å². The molecule has 0 spiro atoms. The van der Waals surface area contributed by atoms with Gasteiger partial charge in [0.05, 0.1) is 5.69 Å². The lowest BCUT2D eigenvalue weighted by molar-refractivity contribution is 0.379. The summed E-state index contributed by atoms with van der Waals surface area (Å²) in [5.74, 6) is 1.87. The molecule has 5 heteroatoms. The summed E-state index contributed by atoms with van der Waals surface area (Å²) in [7, 11) is 1.85. The van der Waals surface area contributed by atoms with Crippen molar-refractivity contribution >= 4 is 5.96 Å². The van der Waals surface area contributed by atoms with Gasteiger partial charge in [-0.2, -0.15) is 0 Å². The molecule has 2 aromatic rings. The van der Waals surface area contributed by atoms with Crippen LogP contribution in [0.1, 0.15) is 28.1 Å². The maximum absolute atomic E-state index is 5.22. The minimum Gasteiger partial charge on any atom is -0.361 e. The van der Waals surface area contributed by atoms with Crippen LogP contribution in [-0.2, 0) is 19.4 Å². The van der Waals surface area contributed by atoms with Crippen molar-refractivity contribution in [3.05, 3.63) is 52.4 Å². The fourth-order valence-corrected chi connectivity index (χ4v) is 3.17. The normalized spacial score (nSPS) is 14.7. The second-order valence-corrected chi connectivity index (χ2v) is 5.97. The number of rotatable bonds is 3. The topological polar surface area (TPSA) is 53.7 Å². The van der Waals surface area contributed by atoms with E-state index in [4.69, 9.17) is 4.52 Å². The average molecular weight is 312 g/mol. The number of aromatic nitrogens is 1. The Bertz CT molecular complexity index is 685. The molecular weight excluding hydrogens is 288 g/mol. The molecule has 0 bridgehead atoms. The van der Waals surface area contributed by atoms with Gasteiger partial charge in [0.25, 0.3) is 0 Å². The van der Waals surface area contributed by atoms with E-state index in [1.54, 1.807) is 0 Å². The predicted octanol–water partition coefficient (Wildman–Crippen LogP) is 2.47. The standard InChI is InChI=1S/C18H24N4O/c1-13-17(14(2)23-21-13)8-10-20-18(19-3)22-11-9-15-6-4-5-7-16(15)12-22/h4-7H,8-12H2,1-3H3,(H,19,20). The van der Waals surface area contributed by atoms with E-state index in [0.717, 1.165) is 49.9 Å². The van der Waals surface area contributed by atoms with Crippen LogP contribution in [0.4, 0.5) is 0 Å². The molecule has 0 radical (unpaired) electrons. The quantitative estimate of drug-likeness (QED) is 0.699. The van der Waals surface area contributed by atoms with Crippen LogP contribution in [0.25, 0.3) is 0 Å². The first-order chi connectivity index (χ1) is 11.2. The van der Waals surface area contributed by atoms with E-state index in [9.17, 15) is 0 Å². The fraction of sp³-hybridized carbons (Fsp3) is 0.444. The van der Waals surface area contributed by atoms with Crippen LogP contribution in [-0.4, -0.2) is 36.2 Å². The molecule has 1 N–H and O–H groups in total. The maximum atomic E-state index is 5.22. The number of hydrogen-bond donors (Lipinski definition) is 1. The highest BCUT2D eigenvalue weighted by Crippen LogP contribution is 2.18. The second-order valence-electron chi connectivity index (χ2n) is 5.97. The summed E-state index contributed by atoms with van der Waals surface area (Å²) in [6.07, 6.45) is 1.96. The largest absolute Gasteiger partial charge is 0.361 e. The highest BCUT2D eigenvalue weighted by Gasteiger charge is 2.18. The SMILES string of the molecule is CN=C(NCCc1c(C)noc1C)N1CCc2ccccc2C1. The predicted molar refractivity (Wildman–Crippen MR) is 91.6 cm³/mol. The summed E-state index contributed by atoms with van der Waals surface area (Å²) in [5, 5.41) is 7.47. The van der Waals surface area contributed by atoms with Crippen molar-refractivity contribution in [3.8, 4) is 0 Å². The second kappa shape index (κ2) is 6.86. The summed E-state index contributed by atoms with van der Waals surface area (Å²) >= 11 is 0. The molecule has 0 atom stereocenters. The lowest BCUT2D eigenvalue weighted by Gasteiger charge is -2.31. The van der Waals surface area contributed by atoms with E-state index in [0.29, 0.717) is 0 Å². The molecule has 2 heterocycles. The molecule has 0 saturated carbocycles. The van der Waals surface area contributed by atoms with Gasteiger partial charge in [0.15, 0.2) is 5.96 Å². The molecule has 5 nitrogen and oxygen atoms in total. The van der Waals surface area contributed by atoms with E-state index in [1.807, 2.05) is 20.9 Å². The Morgan fingerprint density at radius 2 is 2.09 bits per heavy atom. The molecular formula is C18H24N4O. The van der Waals surface area contributed by atoms with Crippen LogP contribution in [0.15, 0.2) is 33.8 Å². The van der Waals surface area contributed by atoms with E-state index < -0.39 is 0 Å². The summed E-state index contributed by atoms with van der Waals surface area (Å²) < 4.78 is 5.22. The first-order valence-corrected chi connectivity index (χ1v) is 8.13. The van der Waals surface area contributed by atoms with Gasteiger partial charge in [-0.15, -0.1) is 0 Å². The van der Waals surface area contributed by atoms with Gasteiger partial charge in [0.1, 0.15) is 5.76 Å².